The molecule has 0 amide bonds. The molecule has 9 heteroatoms. The number of unbranched alkanes of at least 4 members (excludes halogenated alkanes) is 18. The molecular formula is C36H72NO7P. The Morgan fingerprint density at radius 1 is 0.667 bits per heavy atom. The first kappa shape index (κ1) is 44.2. The van der Waals surface area contributed by atoms with Gasteiger partial charge in [-0.3, -0.25) is 9.36 Å². The minimum atomic E-state index is -4.51. The Labute approximate surface area is 278 Å². The van der Waals surface area contributed by atoms with Crippen molar-refractivity contribution in [3.05, 3.63) is 12.2 Å². The van der Waals surface area contributed by atoms with Crippen molar-refractivity contribution in [3.8, 4) is 0 Å². The van der Waals surface area contributed by atoms with Gasteiger partial charge in [0.2, 0.25) is 0 Å². The average molecular weight is 662 g/mol. The maximum Gasteiger partial charge on any atom is 0.306 e. The zero-order valence-corrected chi connectivity index (χ0v) is 31.0. The second-order valence-electron chi connectivity index (χ2n) is 13.6. The van der Waals surface area contributed by atoms with Crippen LogP contribution in [0.4, 0.5) is 0 Å². The summed E-state index contributed by atoms with van der Waals surface area (Å²) in [6, 6.07) is 0. The molecule has 45 heavy (non-hydrogen) atoms. The van der Waals surface area contributed by atoms with Crippen molar-refractivity contribution in [2.45, 2.75) is 161 Å². The van der Waals surface area contributed by atoms with E-state index in [-0.39, 0.29) is 25.8 Å². The first-order valence-corrected chi connectivity index (χ1v) is 19.9. The summed E-state index contributed by atoms with van der Waals surface area (Å²) in [5, 5.41) is 0. The molecule has 0 bridgehead atoms. The molecule has 2 atom stereocenters. The molecule has 0 saturated carbocycles. The summed E-state index contributed by atoms with van der Waals surface area (Å²) in [5.41, 5.74) is 0. The maximum atomic E-state index is 12.6. The number of esters is 1. The molecule has 8 nitrogen and oxygen atoms in total. The van der Waals surface area contributed by atoms with E-state index in [1.165, 1.54) is 89.9 Å². The van der Waals surface area contributed by atoms with Crippen LogP contribution >= 0.6 is 7.82 Å². The summed E-state index contributed by atoms with van der Waals surface area (Å²) in [7, 11) is 1.35. The molecule has 2 unspecified atom stereocenters. The van der Waals surface area contributed by atoms with Gasteiger partial charge < -0.3 is 27.9 Å². The minimum Gasteiger partial charge on any atom is -0.756 e. The number of nitrogens with zero attached hydrogens (tertiary/aromatic N) is 1. The van der Waals surface area contributed by atoms with Gasteiger partial charge in [-0.25, -0.2) is 0 Å². The fourth-order valence-electron chi connectivity index (χ4n) is 4.89. The summed E-state index contributed by atoms with van der Waals surface area (Å²) in [4.78, 5) is 24.8. The van der Waals surface area contributed by atoms with Crippen molar-refractivity contribution < 1.29 is 37.3 Å². The van der Waals surface area contributed by atoms with Gasteiger partial charge in [0.05, 0.1) is 34.4 Å². The number of carbonyl (C=O) groups is 1. The standard InChI is InChI=1S/C36H72NO7P/c1-6-8-10-12-14-16-17-18-19-20-21-23-25-27-29-36(38)44-35(34-43-45(39,40)42-32-30-37(3,4)5)33-41-31-28-26-24-22-15-13-11-9-7-2/h17-18,35H,6-16,19-34H2,1-5H3/b18-17-. The van der Waals surface area contributed by atoms with Gasteiger partial charge >= 0.3 is 5.97 Å². The van der Waals surface area contributed by atoms with Crippen LogP contribution in [0.2, 0.25) is 0 Å². The van der Waals surface area contributed by atoms with Crippen molar-refractivity contribution in [2.24, 2.45) is 0 Å². The molecule has 0 aliphatic rings. The molecule has 0 fully saturated rings. The van der Waals surface area contributed by atoms with Crippen LogP contribution in [0, 0.1) is 0 Å². The topological polar surface area (TPSA) is 94.1 Å². The van der Waals surface area contributed by atoms with E-state index in [1.54, 1.807) is 0 Å². The van der Waals surface area contributed by atoms with Crippen LogP contribution in [0.15, 0.2) is 12.2 Å². The summed E-state index contributed by atoms with van der Waals surface area (Å²) in [5.74, 6) is -0.344. The van der Waals surface area contributed by atoms with Crippen molar-refractivity contribution >= 4 is 13.8 Å². The number of hydrogen-bond donors (Lipinski definition) is 0. The van der Waals surface area contributed by atoms with E-state index in [0.29, 0.717) is 24.1 Å². The van der Waals surface area contributed by atoms with Crippen LogP contribution < -0.4 is 4.89 Å². The second kappa shape index (κ2) is 30.6. The third-order valence-corrected chi connectivity index (χ3v) is 8.78. The first-order chi connectivity index (χ1) is 21.6. The molecule has 0 spiro atoms. The lowest BCUT2D eigenvalue weighted by atomic mass is 10.1. The highest BCUT2D eigenvalue weighted by Gasteiger charge is 2.20. The molecular weight excluding hydrogens is 589 g/mol. The van der Waals surface area contributed by atoms with Gasteiger partial charge in [0, 0.05) is 13.0 Å². The number of allylic oxidation sites excluding steroid dienone is 2. The fraction of sp³-hybridized carbons (Fsp3) is 0.917. The Kier molecular flexibility index (Phi) is 30.0. The number of ether oxygens (including phenoxy) is 2. The lowest BCUT2D eigenvalue weighted by molar-refractivity contribution is -0.870. The Morgan fingerprint density at radius 3 is 1.69 bits per heavy atom. The molecule has 0 radical (unpaired) electrons. The van der Waals surface area contributed by atoms with E-state index in [9.17, 15) is 14.3 Å². The van der Waals surface area contributed by atoms with Crippen LogP contribution in [0.25, 0.3) is 0 Å². The number of hydrogen-bond acceptors (Lipinski definition) is 7. The van der Waals surface area contributed by atoms with Crippen LogP contribution in [0.5, 0.6) is 0 Å². The van der Waals surface area contributed by atoms with Crippen LogP contribution in [-0.2, 0) is 27.9 Å². The van der Waals surface area contributed by atoms with Crippen molar-refractivity contribution in [2.75, 3.05) is 54.1 Å². The summed E-state index contributed by atoms with van der Waals surface area (Å²) < 4.78 is 34.3. The largest absolute Gasteiger partial charge is 0.756 e. The molecule has 0 N–H and O–H groups in total. The van der Waals surface area contributed by atoms with E-state index in [2.05, 4.69) is 26.0 Å². The lowest BCUT2D eigenvalue weighted by Gasteiger charge is -2.28. The van der Waals surface area contributed by atoms with E-state index in [1.807, 2.05) is 21.1 Å². The van der Waals surface area contributed by atoms with Gasteiger partial charge in [-0.2, -0.15) is 0 Å². The Morgan fingerprint density at radius 2 is 1.16 bits per heavy atom. The summed E-state index contributed by atoms with van der Waals surface area (Å²) in [6.07, 6.45) is 29.3. The molecule has 268 valence electrons. The van der Waals surface area contributed by atoms with E-state index in [4.69, 9.17) is 18.5 Å². The van der Waals surface area contributed by atoms with Crippen LogP contribution in [0.3, 0.4) is 0 Å². The normalized spacial score (nSPS) is 14.2. The number of likely N-dealkylation sites (N-methyl/N-ethyl adjacent to an activating group) is 1. The Balaban J connectivity index is 4.31. The van der Waals surface area contributed by atoms with Crippen LogP contribution in [0.1, 0.15) is 155 Å². The van der Waals surface area contributed by atoms with Crippen molar-refractivity contribution in [3.63, 3.8) is 0 Å². The monoisotopic (exact) mass is 662 g/mol. The molecule has 0 heterocycles. The molecule has 0 saturated heterocycles. The van der Waals surface area contributed by atoms with Gasteiger partial charge in [0.15, 0.2) is 0 Å². The smallest absolute Gasteiger partial charge is 0.306 e. The van der Waals surface area contributed by atoms with Gasteiger partial charge in [-0.1, -0.05) is 122 Å². The zero-order chi connectivity index (χ0) is 33.5. The third-order valence-electron chi connectivity index (χ3n) is 7.82. The first-order valence-electron chi connectivity index (χ1n) is 18.4. The van der Waals surface area contributed by atoms with Crippen molar-refractivity contribution in [1.29, 1.82) is 0 Å². The molecule has 0 aromatic carbocycles. The van der Waals surface area contributed by atoms with Crippen molar-refractivity contribution in [1.82, 2.24) is 0 Å². The van der Waals surface area contributed by atoms with Crippen LogP contribution in [-0.4, -0.2) is 70.7 Å². The quantitative estimate of drug-likeness (QED) is 0.0223. The third kappa shape index (κ3) is 34.4. The Hall–Kier alpha value is -0.760. The minimum absolute atomic E-state index is 0.0270. The number of phosphoric ester groups is 1. The van der Waals surface area contributed by atoms with Gasteiger partial charge in [-0.15, -0.1) is 0 Å². The van der Waals surface area contributed by atoms with E-state index in [0.717, 1.165) is 44.9 Å². The number of rotatable bonds is 34. The highest BCUT2D eigenvalue weighted by molar-refractivity contribution is 7.45. The highest BCUT2D eigenvalue weighted by atomic mass is 31.2. The summed E-state index contributed by atoms with van der Waals surface area (Å²) in [6.45, 7) is 5.38. The molecule has 0 aromatic rings. The second-order valence-corrected chi connectivity index (χ2v) is 15.0. The van der Waals surface area contributed by atoms with Gasteiger partial charge in [-0.05, 0) is 38.5 Å². The maximum absolute atomic E-state index is 12.6. The lowest BCUT2D eigenvalue weighted by Crippen LogP contribution is -2.37. The zero-order valence-electron chi connectivity index (χ0n) is 30.1. The molecule has 0 aromatic heterocycles. The summed E-state index contributed by atoms with van der Waals surface area (Å²) >= 11 is 0. The molecule has 0 aliphatic carbocycles. The van der Waals surface area contributed by atoms with Gasteiger partial charge in [0.1, 0.15) is 19.3 Å². The highest BCUT2D eigenvalue weighted by Crippen LogP contribution is 2.38. The van der Waals surface area contributed by atoms with E-state index >= 15 is 0 Å². The van der Waals surface area contributed by atoms with Gasteiger partial charge in [0.25, 0.3) is 7.82 Å². The van der Waals surface area contributed by atoms with E-state index < -0.39 is 13.9 Å². The number of phosphoric acid groups is 1. The predicted octanol–water partition coefficient (Wildman–Crippen LogP) is 9.30. The predicted molar refractivity (Wildman–Crippen MR) is 185 cm³/mol. The number of quaternary nitrogens is 1. The number of carbonyl (C=O) groups excluding carboxylic acids is 1. The SMILES string of the molecule is CCCCCCC/C=C\CCCCCCCC(=O)OC(COCCCCCCCCCCC)COP(=O)([O-])OCC[N+](C)(C)C. The molecule has 0 aliphatic heterocycles. The average Bonchev–Trinajstić information content (AvgIpc) is 2.98. The Bertz CT molecular complexity index is 741. The fourth-order valence-corrected chi connectivity index (χ4v) is 5.62. The molecule has 0 rings (SSSR count).